The van der Waals surface area contributed by atoms with E-state index in [1.807, 2.05) is 25.1 Å². The van der Waals surface area contributed by atoms with Crippen LogP contribution in [0.25, 0.3) is 0 Å². The molecule has 0 fully saturated rings. The van der Waals surface area contributed by atoms with Gasteiger partial charge in [0.15, 0.2) is 11.5 Å². The molecule has 0 saturated heterocycles. The summed E-state index contributed by atoms with van der Waals surface area (Å²) in [4.78, 5) is 0. The molecule has 0 bridgehead atoms. The van der Waals surface area contributed by atoms with Crippen LogP contribution in [-0.4, -0.2) is 13.7 Å². The Labute approximate surface area is 83.8 Å². The molecule has 1 unspecified atom stereocenters. The fraction of sp³-hybridized carbons (Fsp3) is 0.455. The fourth-order valence-electron chi connectivity index (χ4n) is 1.77. The maximum Gasteiger partial charge on any atom is 0.166 e. The average Bonchev–Trinajstić information content (AvgIpc) is 2.17. The minimum absolute atomic E-state index is 0.303. The Morgan fingerprint density at radius 2 is 2.29 bits per heavy atom. The number of fused-ring (bicyclic) bond motifs is 1. The Morgan fingerprint density at radius 3 is 3.00 bits per heavy atom. The highest BCUT2D eigenvalue weighted by Crippen LogP contribution is 2.40. The van der Waals surface area contributed by atoms with Crippen molar-refractivity contribution in [3.63, 3.8) is 0 Å². The number of nitrogens with two attached hydrogens (primary N) is 1. The number of ether oxygens (including phenoxy) is 2. The minimum atomic E-state index is -0.303. The van der Waals surface area contributed by atoms with Gasteiger partial charge in [-0.25, -0.2) is 0 Å². The van der Waals surface area contributed by atoms with Gasteiger partial charge in [0.05, 0.1) is 13.7 Å². The molecule has 76 valence electrons. The van der Waals surface area contributed by atoms with Crippen LogP contribution in [0.5, 0.6) is 11.5 Å². The molecular weight excluding hydrogens is 178 g/mol. The Morgan fingerprint density at radius 1 is 1.50 bits per heavy atom. The van der Waals surface area contributed by atoms with E-state index in [1.165, 1.54) is 0 Å². The van der Waals surface area contributed by atoms with E-state index >= 15 is 0 Å². The van der Waals surface area contributed by atoms with Crippen LogP contribution >= 0.6 is 0 Å². The number of hydrogen-bond donors (Lipinski definition) is 1. The summed E-state index contributed by atoms with van der Waals surface area (Å²) in [6.07, 6.45) is 0.840. The zero-order chi connectivity index (χ0) is 10.2. The van der Waals surface area contributed by atoms with Crippen molar-refractivity contribution in [1.29, 1.82) is 0 Å². The van der Waals surface area contributed by atoms with Crippen molar-refractivity contribution in [1.82, 2.24) is 0 Å². The van der Waals surface area contributed by atoms with E-state index in [1.54, 1.807) is 7.11 Å². The Balaban J connectivity index is 2.55. The second-order valence-electron chi connectivity index (χ2n) is 3.85. The third kappa shape index (κ3) is 1.34. The largest absolute Gasteiger partial charge is 0.493 e. The first-order valence-electron chi connectivity index (χ1n) is 4.74. The van der Waals surface area contributed by atoms with Gasteiger partial charge in [-0.05, 0) is 13.0 Å². The van der Waals surface area contributed by atoms with Crippen molar-refractivity contribution in [3.8, 4) is 11.5 Å². The van der Waals surface area contributed by atoms with E-state index < -0.39 is 0 Å². The zero-order valence-corrected chi connectivity index (χ0v) is 8.54. The Kier molecular flexibility index (Phi) is 2.11. The van der Waals surface area contributed by atoms with E-state index in [0.29, 0.717) is 6.61 Å². The summed E-state index contributed by atoms with van der Waals surface area (Å²) in [5, 5.41) is 0. The van der Waals surface area contributed by atoms with Crippen LogP contribution in [0, 0.1) is 0 Å². The lowest BCUT2D eigenvalue weighted by Gasteiger charge is -2.32. The molecule has 2 N–H and O–H groups in total. The van der Waals surface area contributed by atoms with Crippen LogP contribution in [-0.2, 0) is 5.54 Å². The predicted octanol–water partition coefficient (Wildman–Crippen LogP) is 1.65. The molecule has 1 aromatic rings. The number of hydrogen-bond acceptors (Lipinski definition) is 3. The quantitative estimate of drug-likeness (QED) is 0.737. The van der Waals surface area contributed by atoms with Crippen molar-refractivity contribution in [3.05, 3.63) is 23.8 Å². The van der Waals surface area contributed by atoms with Crippen molar-refractivity contribution in [2.24, 2.45) is 5.73 Å². The maximum atomic E-state index is 6.18. The van der Waals surface area contributed by atoms with Gasteiger partial charge >= 0.3 is 0 Å². The molecule has 1 aliphatic heterocycles. The Bertz CT molecular complexity index is 347. The summed E-state index contributed by atoms with van der Waals surface area (Å²) in [5.41, 5.74) is 6.90. The highest BCUT2D eigenvalue weighted by Gasteiger charge is 2.30. The molecule has 0 saturated carbocycles. The lowest BCUT2D eigenvalue weighted by atomic mass is 9.87. The topological polar surface area (TPSA) is 44.5 Å². The number of benzene rings is 1. The van der Waals surface area contributed by atoms with Gasteiger partial charge in [-0.15, -0.1) is 0 Å². The molecule has 3 nitrogen and oxygen atoms in total. The smallest absolute Gasteiger partial charge is 0.166 e. The van der Waals surface area contributed by atoms with Gasteiger partial charge in [0.1, 0.15) is 0 Å². The van der Waals surface area contributed by atoms with Crippen molar-refractivity contribution in [2.45, 2.75) is 18.9 Å². The molecule has 1 heterocycles. The lowest BCUT2D eigenvalue weighted by molar-refractivity contribution is 0.216. The van der Waals surface area contributed by atoms with E-state index in [9.17, 15) is 0 Å². The van der Waals surface area contributed by atoms with Gasteiger partial charge in [-0.3, -0.25) is 0 Å². The first-order valence-corrected chi connectivity index (χ1v) is 4.74. The first-order chi connectivity index (χ1) is 6.65. The number of methoxy groups -OCH3 is 1. The number of rotatable bonds is 1. The highest BCUT2D eigenvalue weighted by atomic mass is 16.5. The maximum absolute atomic E-state index is 6.18. The molecule has 0 aromatic heterocycles. The van der Waals surface area contributed by atoms with E-state index in [0.717, 1.165) is 23.5 Å². The zero-order valence-electron chi connectivity index (χ0n) is 8.54. The van der Waals surface area contributed by atoms with Crippen molar-refractivity contribution in [2.75, 3.05) is 13.7 Å². The Hall–Kier alpha value is -1.22. The molecule has 0 aliphatic carbocycles. The third-order valence-corrected chi connectivity index (χ3v) is 2.68. The fourth-order valence-corrected chi connectivity index (χ4v) is 1.77. The normalized spacial score (nSPS) is 25.1. The molecule has 0 radical (unpaired) electrons. The van der Waals surface area contributed by atoms with Crippen LogP contribution < -0.4 is 15.2 Å². The summed E-state index contributed by atoms with van der Waals surface area (Å²) in [7, 11) is 1.64. The monoisotopic (exact) mass is 193 g/mol. The summed E-state index contributed by atoms with van der Waals surface area (Å²) < 4.78 is 10.8. The second-order valence-corrected chi connectivity index (χ2v) is 3.85. The lowest BCUT2D eigenvalue weighted by Crippen LogP contribution is -2.38. The van der Waals surface area contributed by atoms with E-state index in [2.05, 4.69) is 0 Å². The standard InChI is InChI=1S/C11H15NO2/c1-11(12)6-7-14-10-8(11)4-3-5-9(10)13-2/h3-5H,6-7,12H2,1-2H3. The highest BCUT2D eigenvalue weighted by molar-refractivity contribution is 5.50. The molecular formula is C11H15NO2. The third-order valence-electron chi connectivity index (χ3n) is 2.68. The first kappa shape index (κ1) is 9.34. The van der Waals surface area contributed by atoms with Crippen LogP contribution in [0.15, 0.2) is 18.2 Å². The summed E-state index contributed by atoms with van der Waals surface area (Å²) in [6.45, 7) is 2.67. The van der Waals surface area contributed by atoms with Gasteiger partial charge < -0.3 is 15.2 Å². The van der Waals surface area contributed by atoms with Crippen LogP contribution in [0.2, 0.25) is 0 Å². The van der Waals surface area contributed by atoms with E-state index in [4.69, 9.17) is 15.2 Å². The van der Waals surface area contributed by atoms with Gasteiger partial charge in [0.2, 0.25) is 0 Å². The molecule has 2 rings (SSSR count). The van der Waals surface area contributed by atoms with Gasteiger partial charge in [0.25, 0.3) is 0 Å². The molecule has 1 atom stereocenters. The van der Waals surface area contributed by atoms with Gasteiger partial charge in [-0.1, -0.05) is 12.1 Å². The summed E-state index contributed by atoms with van der Waals surface area (Å²) in [6, 6.07) is 5.83. The SMILES string of the molecule is COc1cccc2c1OCCC2(C)N. The average molecular weight is 193 g/mol. The molecule has 0 spiro atoms. The van der Waals surface area contributed by atoms with E-state index in [-0.39, 0.29) is 5.54 Å². The van der Waals surface area contributed by atoms with Crippen LogP contribution in [0.3, 0.4) is 0 Å². The van der Waals surface area contributed by atoms with Crippen molar-refractivity contribution < 1.29 is 9.47 Å². The van der Waals surface area contributed by atoms with Crippen molar-refractivity contribution >= 4 is 0 Å². The molecule has 3 heteroatoms. The summed E-state index contributed by atoms with van der Waals surface area (Å²) in [5.74, 6) is 1.56. The molecule has 1 aromatic carbocycles. The minimum Gasteiger partial charge on any atom is -0.493 e. The molecule has 0 amide bonds. The molecule has 14 heavy (non-hydrogen) atoms. The predicted molar refractivity (Wildman–Crippen MR) is 54.6 cm³/mol. The molecule has 1 aliphatic rings. The van der Waals surface area contributed by atoms with Gasteiger partial charge in [0, 0.05) is 17.5 Å². The van der Waals surface area contributed by atoms with Gasteiger partial charge in [-0.2, -0.15) is 0 Å². The number of para-hydroxylation sites is 1. The van der Waals surface area contributed by atoms with Crippen LogP contribution in [0.1, 0.15) is 18.9 Å². The van der Waals surface area contributed by atoms with Crippen LogP contribution in [0.4, 0.5) is 0 Å². The summed E-state index contributed by atoms with van der Waals surface area (Å²) >= 11 is 0. The second kappa shape index (κ2) is 3.17.